The summed E-state index contributed by atoms with van der Waals surface area (Å²) < 4.78 is 26.1. The van der Waals surface area contributed by atoms with E-state index in [1.165, 1.54) is 12.1 Å². The Balaban J connectivity index is 2.94. The topological polar surface area (TPSA) is 12.9 Å². The molecule has 0 amide bonds. The first-order valence-electron chi connectivity index (χ1n) is 3.59. The minimum Gasteiger partial charge on any atom is -0.218 e. The molecule has 2 aromatic rings. The summed E-state index contributed by atoms with van der Waals surface area (Å²) in [7, 11) is 0. The predicted octanol–water partition coefficient (Wildman–Crippen LogP) is 3.17. The van der Waals surface area contributed by atoms with Crippen molar-refractivity contribution in [1.82, 2.24) is 4.98 Å². The molecule has 1 aromatic heterocycles. The van der Waals surface area contributed by atoms with Gasteiger partial charge in [-0.05, 0) is 12.1 Å². The molecule has 1 aromatic carbocycles. The normalized spacial score (nSPS) is 10.7. The third-order valence-corrected chi connectivity index (χ3v) is 2.05. The van der Waals surface area contributed by atoms with E-state index in [0.29, 0.717) is 0 Å². The number of benzene rings is 1. The third-order valence-electron chi connectivity index (χ3n) is 1.73. The Labute approximate surface area is 78.0 Å². The van der Waals surface area contributed by atoms with Gasteiger partial charge < -0.3 is 0 Å². The van der Waals surface area contributed by atoms with Gasteiger partial charge in [-0.1, -0.05) is 23.7 Å². The molecule has 2 rings (SSSR count). The Morgan fingerprint density at radius 2 is 1.85 bits per heavy atom. The number of fused-ring (bicyclic) bond motifs is 1. The molecule has 0 N–H and O–H groups in total. The van der Waals surface area contributed by atoms with E-state index in [2.05, 4.69) is 4.98 Å². The van der Waals surface area contributed by atoms with E-state index >= 15 is 0 Å². The highest BCUT2D eigenvalue weighted by atomic mass is 35.5. The SMILES string of the molecule is Fc1nc2ccccc2c(F)c1Cl. The molecule has 0 unspecified atom stereocenters. The zero-order valence-corrected chi connectivity index (χ0v) is 7.15. The fraction of sp³-hybridized carbons (Fsp3) is 0. The summed E-state index contributed by atoms with van der Waals surface area (Å²) in [4.78, 5) is 3.50. The average molecular weight is 200 g/mol. The highest BCUT2D eigenvalue weighted by Crippen LogP contribution is 2.24. The highest BCUT2D eigenvalue weighted by Gasteiger charge is 2.11. The quantitative estimate of drug-likeness (QED) is 0.594. The molecule has 0 saturated heterocycles. The van der Waals surface area contributed by atoms with Gasteiger partial charge in [0.2, 0.25) is 5.95 Å². The summed E-state index contributed by atoms with van der Waals surface area (Å²) in [6.07, 6.45) is 0. The average Bonchev–Trinajstić information content (AvgIpc) is 2.15. The Kier molecular flexibility index (Phi) is 1.88. The van der Waals surface area contributed by atoms with E-state index < -0.39 is 16.8 Å². The van der Waals surface area contributed by atoms with Crippen molar-refractivity contribution in [1.29, 1.82) is 0 Å². The molecule has 0 fully saturated rings. The van der Waals surface area contributed by atoms with Crippen molar-refractivity contribution in [2.75, 3.05) is 0 Å². The van der Waals surface area contributed by atoms with Crippen LogP contribution in [0.2, 0.25) is 5.02 Å². The first kappa shape index (κ1) is 8.38. The fourth-order valence-electron chi connectivity index (χ4n) is 1.12. The molecular formula is C9H4ClF2N. The molecule has 66 valence electrons. The molecule has 13 heavy (non-hydrogen) atoms. The van der Waals surface area contributed by atoms with Gasteiger partial charge in [0.25, 0.3) is 0 Å². The molecule has 0 aliphatic heterocycles. The lowest BCUT2D eigenvalue weighted by molar-refractivity contribution is 0.563. The number of nitrogens with zero attached hydrogens (tertiary/aromatic N) is 1. The summed E-state index contributed by atoms with van der Waals surface area (Å²) in [6, 6.07) is 6.32. The summed E-state index contributed by atoms with van der Waals surface area (Å²) in [5.74, 6) is -1.73. The van der Waals surface area contributed by atoms with Gasteiger partial charge in [0.05, 0.1) is 5.52 Å². The van der Waals surface area contributed by atoms with Crippen LogP contribution in [0.5, 0.6) is 0 Å². The first-order chi connectivity index (χ1) is 6.20. The largest absolute Gasteiger partial charge is 0.235 e. The molecule has 0 aliphatic carbocycles. The lowest BCUT2D eigenvalue weighted by Gasteiger charge is -2.00. The van der Waals surface area contributed by atoms with E-state index in [4.69, 9.17) is 11.6 Å². The van der Waals surface area contributed by atoms with Gasteiger partial charge in [-0.25, -0.2) is 9.37 Å². The van der Waals surface area contributed by atoms with Crippen LogP contribution in [0.4, 0.5) is 8.78 Å². The van der Waals surface area contributed by atoms with Gasteiger partial charge in [0.1, 0.15) is 5.02 Å². The molecule has 0 radical (unpaired) electrons. The Morgan fingerprint density at radius 1 is 1.15 bits per heavy atom. The van der Waals surface area contributed by atoms with Gasteiger partial charge in [-0.2, -0.15) is 4.39 Å². The maximum atomic E-state index is 13.2. The molecule has 0 spiro atoms. The maximum absolute atomic E-state index is 13.2. The maximum Gasteiger partial charge on any atom is 0.235 e. The predicted molar refractivity (Wildman–Crippen MR) is 46.7 cm³/mol. The number of hydrogen-bond donors (Lipinski definition) is 0. The summed E-state index contributed by atoms with van der Waals surface area (Å²) >= 11 is 5.34. The second kappa shape index (κ2) is 2.92. The molecule has 1 heterocycles. The van der Waals surface area contributed by atoms with Crippen molar-refractivity contribution in [2.24, 2.45) is 0 Å². The smallest absolute Gasteiger partial charge is 0.218 e. The summed E-state index contributed by atoms with van der Waals surface area (Å²) in [5, 5.41) is -0.326. The van der Waals surface area contributed by atoms with Crippen LogP contribution in [0, 0.1) is 11.8 Å². The Hall–Kier alpha value is -1.22. The van der Waals surface area contributed by atoms with Gasteiger partial charge in [0, 0.05) is 5.39 Å². The van der Waals surface area contributed by atoms with E-state index in [9.17, 15) is 8.78 Å². The van der Waals surface area contributed by atoms with Gasteiger partial charge in [-0.3, -0.25) is 0 Å². The van der Waals surface area contributed by atoms with E-state index in [1.54, 1.807) is 12.1 Å². The third kappa shape index (κ3) is 1.25. The van der Waals surface area contributed by atoms with Gasteiger partial charge >= 0.3 is 0 Å². The lowest BCUT2D eigenvalue weighted by Crippen LogP contribution is -1.91. The highest BCUT2D eigenvalue weighted by molar-refractivity contribution is 6.31. The Bertz CT molecular complexity index is 470. The molecule has 0 saturated carbocycles. The van der Waals surface area contributed by atoms with Gasteiger partial charge in [-0.15, -0.1) is 0 Å². The van der Waals surface area contributed by atoms with Crippen LogP contribution in [0.25, 0.3) is 10.9 Å². The van der Waals surface area contributed by atoms with Crippen molar-refractivity contribution in [3.05, 3.63) is 41.1 Å². The van der Waals surface area contributed by atoms with E-state index in [-0.39, 0.29) is 10.9 Å². The van der Waals surface area contributed by atoms with Crippen molar-refractivity contribution in [3.63, 3.8) is 0 Å². The first-order valence-corrected chi connectivity index (χ1v) is 3.97. The minimum atomic E-state index is -0.974. The molecule has 0 bridgehead atoms. The monoisotopic (exact) mass is 199 g/mol. The molecular weight excluding hydrogens is 196 g/mol. The number of aromatic nitrogens is 1. The van der Waals surface area contributed by atoms with Crippen molar-refractivity contribution in [2.45, 2.75) is 0 Å². The summed E-state index contributed by atoms with van der Waals surface area (Å²) in [5.41, 5.74) is 0.266. The second-order valence-corrected chi connectivity index (χ2v) is 2.93. The number of halogens is 3. The number of pyridine rings is 1. The van der Waals surface area contributed by atoms with Crippen LogP contribution in [0.3, 0.4) is 0 Å². The second-order valence-electron chi connectivity index (χ2n) is 2.55. The van der Waals surface area contributed by atoms with Crippen molar-refractivity contribution < 1.29 is 8.78 Å². The zero-order chi connectivity index (χ0) is 9.42. The minimum absolute atomic E-state index is 0.230. The van der Waals surface area contributed by atoms with E-state index in [1.807, 2.05) is 0 Å². The Morgan fingerprint density at radius 3 is 2.62 bits per heavy atom. The van der Waals surface area contributed by atoms with Crippen molar-refractivity contribution >= 4 is 22.5 Å². The fourth-order valence-corrected chi connectivity index (χ4v) is 1.26. The van der Waals surface area contributed by atoms with Crippen LogP contribution in [-0.2, 0) is 0 Å². The van der Waals surface area contributed by atoms with Crippen LogP contribution >= 0.6 is 11.6 Å². The van der Waals surface area contributed by atoms with Crippen LogP contribution in [0.15, 0.2) is 24.3 Å². The number of para-hydroxylation sites is 1. The van der Waals surface area contributed by atoms with Crippen LogP contribution in [0.1, 0.15) is 0 Å². The standard InChI is InChI=1S/C9H4ClF2N/c10-7-8(11)5-3-1-2-4-6(5)13-9(7)12/h1-4H. The summed E-state index contributed by atoms with van der Waals surface area (Å²) in [6.45, 7) is 0. The van der Waals surface area contributed by atoms with Gasteiger partial charge in [0.15, 0.2) is 5.82 Å². The van der Waals surface area contributed by atoms with Crippen molar-refractivity contribution in [3.8, 4) is 0 Å². The van der Waals surface area contributed by atoms with Crippen LogP contribution in [-0.4, -0.2) is 4.98 Å². The number of hydrogen-bond acceptors (Lipinski definition) is 1. The lowest BCUT2D eigenvalue weighted by atomic mass is 10.2. The molecule has 0 aliphatic rings. The molecule has 4 heteroatoms. The molecule has 0 atom stereocenters. The molecule has 1 nitrogen and oxygen atoms in total. The number of rotatable bonds is 0. The van der Waals surface area contributed by atoms with Crippen LogP contribution < -0.4 is 0 Å². The van der Waals surface area contributed by atoms with E-state index in [0.717, 1.165) is 0 Å². The zero-order valence-electron chi connectivity index (χ0n) is 6.39.